The van der Waals surface area contributed by atoms with Gasteiger partial charge in [-0.05, 0) is 38.5 Å². The van der Waals surface area contributed by atoms with Gasteiger partial charge in [0.1, 0.15) is 0 Å². The van der Waals surface area contributed by atoms with Crippen molar-refractivity contribution in [1.29, 1.82) is 0 Å². The van der Waals surface area contributed by atoms with E-state index in [4.69, 9.17) is 0 Å². The molecule has 0 aliphatic carbocycles. The molecule has 0 aromatic carbocycles. The molecular weight excluding hydrogens is 586 g/mol. The molecule has 0 unspecified atom stereocenters. The van der Waals surface area contributed by atoms with E-state index in [2.05, 4.69) is 21.3 Å². The topological polar surface area (TPSA) is 197 Å². The molecule has 13 heteroatoms. The van der Waals surface area contributed by atoms with Gasteiger partial charge in [0.25, 0.3) is 0 Å². The van der Waals surface area contributed by atoms with Crippen LogP contribution in [-0.2, 0) is 48.2 Å². The molecule has 0 spiro atoms. The molecule has 0 aromatic rings. The molecule has 0 fully saturated rings. The average molecular weight is 636 g/mol. The first-order valence-electron chi connectivity index (χ1n) is 14.1. The molecule has 2 atom stereocenters. The van der Waals surface area contributed by atoms with Crippen LogP contribution in [0, 0.1) is 23.7 Å². The number of carbonyl (C=O) groups excluding carboxylic acids is 6. The van der Waals surface area contributed by atoms with Gasteiger partial charge in [0.15, 0.2) is 0 Å². The van der Waals surface area contributed by atoms with Crippen LogP contribution in [0.4, 0.5) is 0 Å². The molecule has 0 bridgehead atoms. The van der Waals surface area contributed by atoms with Crippen LogP contribution in [0.15, 0.2) is 0 Å². The maximum atomic E-state index is 11.5. The number of carbonyl (C=O) groups is 6. The molecule has 232 valence electrons. The summed E-state index contributed by atoms with van der Waals surface area (Å²) in [6.07, 6.45) is 3.13. The van der Waals surface area contributed by atoms with Crippen LogP contribution in [0.5, 0.6) is 0 Å². The van der Waals surface area contributed by atoms with Gasteiger partial charge < -0.3 is 41.1 Å². The van der Waals surface area contributed by atoms with Crippen molar-refractivity contribution in [3.63, 3.8) is 0 Å². The minimum Gasteiger partial charge on any atom is -0.548 e. The van der Waals surface area contributed by atoms with Crippen molar-refractivity contribution < 1.29 is 58.5 Å². The maximum Gasteiger partial charge on any atom is 2.00 e. The Hall–Kier alpha value is -2.56. The molecule has 0 saturated heterocycles. The molecule has 0 aliphatic heterocycles. The van der Waals surface area contributed by atoms with E-state index in [9.17, 15) is 39.0 Å². The minimum absolute atomic E-state index is 0. The summed E-state index contributed by atoms with van der Waals surface area (Å²) in [7, 11) is 0. The summed E-state index contributed by atoms with van der Waals surface area (Å²) in [4.78, 5) is 67.3. The normalized spacial score (nSPS) is 12.0. The molecule has 0 radical (unpaired) electrons. The van der Waals surface area contributed by atoms with Gasteiger partial charge in [-0.3, -0.25) is 19.2 Å². The summed E-state index contributed by atoms with van der Waals surface area (Å²) >= 11 is 0. The first-order chi connectivity index (χ1) is 18.5. The second-order valence-corrected chi connectivity index (χ2v) is 11.0. The van der Waals surface area contributed by atoms with Gasteiger partial charge in [0.2, 0.25) is 23.6 Å². The van der Waals surface area contributed by atoms with Gasteiger partial charge in [0.05, 0.1) is 24.0 Å². The molecule has 0 rings (SSSR count). The van der Waals surface area contributed by atoms with E-state index >= 15 is 0 Å². The Balaban J connectivity index is -0.000000688. The van der Waals surface area contributed by atoms with Crippen LogP contribution in [0.3, 0.4) is 0 Å². The third-order valence-electron chi connectivity index (χ3n) is 5.74. The standard InChI is InChI=1S/2C14H26N2O4.Zn/c2*1-9(2)12(17)15-8-6-5-7-11(14(19)20)16-13(18)10(3)4;/h2*9-11H,5-8H2,1-4H3,(H,15,17)(H,16,18)(H,19,20);/q;;+2/p-2/t2*11-;/m00./s1. The van der Waals surface area contributed by atoms with Crippen LogP contribution >= 0.6 is 0 Å². The molecule has 41 heavy (non-hydrogen) atoms. The van der Waals surface area contributed by atoms with Crippen LogP contribution in [0.2, 0.25) is 0 Å². The molecule has 4 N–H and O–H groups in total. The summed E-state index contributed by atoms with van der Waals surface area (Å²) in [5, 5.41) is 32.2. The Labute approximate surface area is 257 Å². The Kier molecular flexibility index (Phi) is 25.2. The number of hydrogen-bond acceptors (Lipinski definition) is 8. The predicted molar refractivity (Wildman–Crippen MR) is 147 cm³/mol. The number of rotatable bonds is 18. The minimum atomic E-state index is -1.27. The molecule has 4 amide bonds. The fourth-order valence-corrected chi connectivity index (χ4v) is 2.95. The van der Waals surface area contributed by atoms with E-state index in [0.29, 0.717) is 51.6 Å². The van der Waals surface area contributed by atoms with Gasteiger partial charge in [-0.15, -0.1) is 0 Å². The van der Waals surface area contributed by atoms with Gasteiger partial charge in [-0.2, -0.15) is 0 Å². The largest absolute Gasteiger partial charge is 2.00 e. The zero-order chi connectivity index (χ0) is 31.4. The number of nitrogens with one attached hydrogen (secondary N) is 4. The Morgan fingerprint density at radius 1 is 0.488 bits per heavy atom. The Bertz CT molecular complexity index is 753. The smallest absolute Gasteiger partial charge is 0.548 e. The van der Waals surface area contributed by atoms with Crippen molar-refractivity contribution in [3.8, 4) is 0 Å². The number of aliphatic carboxylic acids is 2. The SMILES string of the molecule is CC(C)C(=O)NCCCC[C@H](NC(=O)C(C)C)C(=O)[O-].CC(C)C(=O)NCCCC[C@H](NC(=O)C(C)C)C(=O)[O-].[Zn+2]. The van der Waals surface area contributed by atoms with Crippen molar-refractivity contribution >= 4 is 35.6 Å². The summed E-state index contributed by atoms with van der Waals surface area (Å²) in [6, 6.07) is -1.93. The molecule has 0 aromatic heterocycles. The number of hydrogen-bond donors (Lipinski definition) is 4. The zero-order valence-electron chi connectivity index (χ0n) is 26.1. The predicted octanol–water partition coefficient (Wildman–Crippen LogP) is -0.363. The van der Waals surface area contributed by atoms with Crippen LogP contribution in [0.25, 0.3) is 0 Å². The van der Waals surface area contributed by atoms with Crippen molar-refractivity contribution in [1.82, 2.24) is 21.3 Å². The summed E-state index contributed by atoms with van der Waals surface area (Å²) in [5.74, 6) is -3.82. The molecule has 0 aliphatic rings. The van der Waals surface area contributed by atoms with Crippen molar-refractivity contribution in [2.24, 2.45) is 23.7 Å². The number of amides is 4. The fourth-order valence-electron chi connectivity index (χ4n) is 2.95. The second kappa shape index (κ2) is 24.1. The van der Waals surface area contributed by atoms with E-state index in [1.165, 1.54) is 0 Å². The zero-order valence-corrected chi connectivity index (χ0v) is 29.1. The summed E-state index contributed by atoms with van der Waals surface area (Å²) in [5.41, 5.74) is 0. The van der Waals surface area contributed by atoms with E-state index in [-0.39, 0.29) is 66.8 Å². The number of unbranched alkanes of at least 4 members (excludes halogenated alkanes) is 2. The third-order valence-corrected chi connectivity index (χ3v) is 5.74. The molecular formula is C28H50N4O8Zn. The Morgan fingerprint density at radius 2 is 0.756 bits per heavy atom. The first kappa shape index (κ1) is 42.9. The van der Waals surface area contributed by atoms with Crippen molar-refractivity contribution in [3.05, 3.63) is 0 Å². The second-order valence-electron chi connectivity index (χ2n) is 11.0. The van der Waals surface area contributed by atoms with Crippen LogP contribution < -0.4 is 31.5 Å². The summed E-state index contributed by atoms with van der Waals surface area (Å²) in [6.45, 7) is 15.0. The third kappa shape index (κ3) is 22.8. The van der Waals surface area contributed by atoms with Gasteiger partial charge >= 0.3 is 19.5 Å². The number of carboxylic acids is 2. The van der Waals surface area contributed by atoms with E-state index in [1.807, 2.05) is 27.7 Å². The van der Waals surface area contributed by atoms with Gasteiger partial charge in [0, 0.05) is 36.8 Å². The maximum absolute atomic E-state index is 11.5. The van der Waals surface area contributed by atoms with E-state index in [0.717, 1.165) is 0 Å². The van der Waals surface area contributed by atoms with Crippen molar-refractivity contribution in [2.75, 3.05) is 13.1 Å². The van der Waals surface area contributed by atoms with Gasteiger partial charge in [-0.1, -0.05) is 55.4 Å². The van der Waals surface area contributed by atoms with E-state index < -0.39 is 24.0 Å². The quantitative estimate of drug-likeness (QED) is 0.116. The van der Waals surface area contributed by atoms with Crippen molar-refractivity contribution in [2.45, 2.75) is 106 Å². The fraction of sp³-hybridized carbons (Fsp3) is 0.786. The monoisotopic (exact) mass is 634 g/mol. The van der Waals surface area contributed by atoms with Crippen LogP contribution in [0.1, 0.15) is 93.9 Å². The van der Waals surface area contributed by atoms with Gasteiger partial charge in [-0.25, -0.2) is 0 Å². The van der Waals surface area contributed by atoms with E-state index in [1.54, 1.807) is 27.7 Å². The average Bonchev–Trinajstić information content (AvgIpc) is 2.85. The number of carboxylic acid groups (broad SMARTS) is 2. The first-order valence-corrected chi connectivity index (χ1v) is 14.1. The molecule has 12 nitrogen and oxygen atoms in total. The van der Waals surface area contributed by atoms with Crippen LogP contribution in [-0.4, -0.2) is 60.7 Å². The molecule has 0 heterocycles. The summed E-state index contributed by atoms with van der Waals surface area (Å²) < 4.78 is 0. The Morgan fingerprint density at radius 3 is 0.976 bits per heavy atom. The molecule has 0 saturated carbocycles.